The Kier molecular flexibility index (Phi) is 5.16. The first-order chi connectivity index (χ1) is 8.04. The summed E-state index contributed by atoms with van der Waals surface area (Å²) in [5.74, 6) is -0.216. The molecule has 1 unspecified atom stereocenters. The van der Waals surface area contributed by atoms with Crippen LogP contribution in [0.4, 0.5) is 0 Å². The highest BCUT2D eigenvalue weighted by molar-refractivity contribution is 5.77. The summed E-state index contributed by atoms with van der Waals surface area (Å²) >= 11 is 0. The van der Waals surface area contributed by atoms with Crippen LogP contribution < -0.4 is 5.32 Å². The number of hydrogen-bond donors (Lipinski definition) is 1. The molecule has 1 rings (SSSR count). The van der Waals surface area contributed by atoms with Gasteiger partial charge in [0.15, 0.2) is 0 Å². The van der Waals surface area contributed by atoms with Gasteiger partial charge in [-0.25, -0.2) is 4.79 Å². The molecule has 17 heavy (non-hydrogen) atoms. The SMILES string of the molecule is CCOC(=O)C(NC(C)C)c1cccc(C)c1. The molecule has 0 saturated heterocycles. The molecule has 3 nitrogen and oxygen atoms in total. The number of benzene rings is 1. The van der Waals surface area contributed by atoms with E-state index in [0.717, 1.165) is 11.1 Å². The average Bonchev–Trinajstić information content (AvgIpc) is 2.26. The second kappa shape index (κ2) is 6.40. The first-order valence-corrected chi connectivity index (χ1v) is 6.03. The van der Waals surface area contributed by atoms with Gasteiger partial charge < -0.3 is 4.74 Å². The Labute approximate surface area is 103 Å². The van der Waals surface area contributed by atoms with Gasteiger partial charge in [0.2, 0.25) is 0 Å². The molecule has 0 bridgehead atoms. The lowest BCUT2D eigenvalue weighted by molar-refractivity contribution is -0.146. The van der Waals surface area contributed by atoms with Crippen LogP contribution in [0.2, 0.25) is 0 Å². The number of aryl methyl sites for hydroxylation is 1. The topological polar surface area (TPSA) is 38.3 Å². The van der Waals surface area contributed by atoms with E-state index in [2.05, 4.69) is 5.32 Å². The van der Waals surface area contributed by atoms with E-state index in [0.29, 0.717) is 6.61 Å². The van der Waals surface area contributed by atoms with Gasteiger partial charge in [-0.15, -0.1) is 0 Å². The number of carbonyl (C=O) groups excluding carboxylic acids is 1. The van der Waals surface area contributed by atoms with Crippen LogP contribution in [0.1, 0.15) is 37.9 Å². The molecule has 0 aliphatic rings. The number of nitrogens with one attached hydrogen (secondary N) is 1. The molecular formula is C14H21NO2. The Hall–Kier alpha value is -1.35. The van der Waals surface area contributed by atoms with Crippen LogP contribution >= 0.6 is 0 Å². The van der Waals surface area contributed by atoms with E-state index in [1.807, 2.05) is 52.0 Å². The van der Waals surface area contributed by atoms with E-state index < -0.39 is 0 Å². The fourth-order valence-electron chi connectivity index (χ4n) is 1.71. The Morgan fingerprint density at radius 3 is 2.65 bits per heavy atom. The van der Waals surface area contributed by atoms with Gasteiger partial charge in [-0.1, -0.05) is 29.8 Å². The van der Waals surface area contributed by atoms with E-state index in [9.17, 15) is 4.79 Å². The van der Waals surface area contributed by atoms with Gasteiger partial charge in [0.1, 0.15) is 6.04 Å². The fourth-order valence-corrected chi connectivity index (χ4v) is 1.71. The van der Waals surface area contributed by atoms with Crippen molar-refractivity contribution in [3.05, 3.63) is 35.4 Å². The highest BCUT2D eigenvalue weighted by Gasteiger charge is 2.22. The van der Waals surface area contributed by atoms with Crippen molar-refractivity contribution in [1.29, 1.82) is 0 Å². The van der Waals surface area contributed by atoms with Gasteiger partial charge >= 0.3 is 5.97 Å². The highest BCUT2D eigenvalue weighted by Crippen LogP contribution is 2.17. The molecule has 0 aliphatic heterocycles. The minimum absolute atomic E-state index is 0.216. The Bertz CT molecular complexity index is 374. The third-order valence-electron chi connectivity index (χ3n) is 2.40. The van der Waals surface area contributed by atoms with Crippen molar-refractivity contribution < 1.29 is 9.53 Å². The van der Waals surface area contributed by atoms with E-state index in [1.165, 1.54) is 0 Å². The minimum atomic E-state index is -0.380. The van der Waals surface area contributed by atoms with Crippen molar-refractivity contribution in [2.45, 2.75) is 39.8 Å². The van der Waals surface area contributed by atoms with Crippen molar-refractivity contribution in [3.8, 4) is 0 Å². The predicted octanol–water partition coefficient (Wildman–Crippen LogP) is 2.60. The molecule has 1 aromatic carbocycles. The smallest absolute Gasteiger partial charge is 0.327 e. The van der Waals surface area contributed by atoms with E-state index >= 15 is 0 Å². The lowest BCUT2D eigenvalue weighted by Crippen LogP contribution is -2.34. The number of esters is 1. The molecule has 0 amide bonds. The predicted molar refractivity (Wildman–Crippen MR) is 68.8 cm³/mol. The molecular weight excluding hydrogens is 214 g/mol. The van der Waals surface area contributed by atoms with Crippen molar-refractivity contribution in [1.82, 2.24) is 5.32 Å². The maximum absolute atomic E-state index is 11.9. The zero-order valence-corrected chi connectivity index (χ0v) is 11.0. The molecule has 0 aromatic heterocycles. The standard InChI is InChI=1S/C14H21NO2/c1-5-17-14(16)13(15-10(2)3)12-8-6-7-11(4)9-12/h6-10,13,15H,5H2,1-4H3. The van der Waals surface area contributed by atoms with Gasteiger partial charge in [0.25, 0.3) is 0 Å². The normalized spacial score (nSPS) is 12.5. The molecule has 0 fully saturated rings. The van der Waals surface area contributed by atoms with Gasteiger partial charge in [0, 0.05) is 6.04 Å². The second-order valence-electron chi connectivity index (χ2n) is 4.42. The number of hydrogen-bond acceptors (Lipinski definition) is 3. The summed E-state index contributed by atoms with van der Waals surface area (Å²) in [6.07, 6.45) is 0. The van der Waals surface area contributed by atoms with Crippen LogP contribution in [0.25, 0.3) is 0 Å². The highest BCUT2D eigenvalue weighted by atomic mass is 16.5. The van der Waals surface area contributed by atoms with Crippen LogP contribution in [-0.2, 0) is 9.53 Å². The number of carbonyl (C=O) groups is 1. The lowest BCUT2D eigenvalue weighted by Gasteiger charge is -2.20. The molecule has 0 saturated carbocycles. The molecule has 0 radical (unpaired) electrons. The quantitative estimate of drug-likeness (QED) is 0.797. The molecule has 0 heterocycles. The summed E-state index contributed by atoms with van der Waals surface area (Å²) in [6, 6.07) is 7.78. The third-order valence-corrected chi connectivity index (χ3v) is 2.40. The molecule has 0 aliphatic carbocycles. The minimum Gasteiger partial charge on any atom is -0.465 e. The van der Waals surface area contributed by atoms with Crippen LogP contribution in [0.3, 0.4) is 0 Å². The summed E-state index contributed by atoms with van der Waals surface area (Å²) < 4.78 is 5.10. The lowest BCUT2D eigenvalue weighted by atomic mass is 10.0. The summed E-state index contributed by atoms with van der Waals surface area (Å²) in [7, 11) is 0. The van der Waals surface area contributed by atoms with Crippen LogP contribution in [0.5, 0.6) is 0 Å². The summed E-state index contributed by atoms with van der Waals surface area (Å²) in [4.78, 5) is 11.9. The Balaban J connectivity index is 2.93. The molecule has 1 atom stereocenters. The van der Waals surface area contributed by atoms with E-state index in [4.69, 9.17) is 4.74 Å². The Morgan fingerprint density at radius 2 is 2.12 bits per heavy atom. The van der Waals surface area contributed by atoms with Crippen molar-refractivity contribution >= 4 is 5.97 Å². The van der Waals surface area contributed by atoms with Crippen molar-refractivity contribution in [3.63, 3.8) is 0 Å². The third kappa shape index (κ3) is 4.19. The van der Waals surface area contributed by atoms with Crippen LogP contribution in [-0.4, -0.2) is 18.6 Å². The molecule has 0 spiro atoms. The Morgan fingerprint density at radius 1 is 1.41 bits per heavy atom. The van der Waals surface area contributed by atoms with Gasteiger partial charge in [0.05, 0.1) is 6.61 Å². The molecule has 1 aromatic rings. The molecule has 1 N–H and O–H groups in total. The number of ether oxygens (including phenoxy) is 1. The van der Waals surface area contributed by atoms with Crippen LogP contribution in [0.15, 0.2) is 24.3 Å². The van der Waals surface area contributed by atoms with Crippen molar-refractivity contribution in [2.75, 3.05) is 6.61 Å². The zero-order valence-electron chi connectivity index (χ0n) is 11.0. The fraction of sp³-hybridized carbons (Fsp3) is 0.500. The average molecular weight is 235 g/mol. The molecule has 94 valence electrons. The maximum atomic E-state index is 11.9. The largest absolute Gasteiger partial charge is 0.465 e. The van der Waals surface area contributed by atoms with E-state index in [-0.39, 0.29) is 18.1 Å². The first kappa shape index (κ1) is 13.7. The summed E-state index contributed by atoms with van der Waals surface area (Å²) in [5.41, 5.74) is 2.10. The second-order valence-corrected chi connectivity index (χ2v) is 4.42. The summed E-state index contributed by atoms with van der Waals surface area (Å²) in [5, 5.41) is 3.23. The van der Waals surface area contributed by atoms with Crippen LogP contribution in [0, 0.1) is 6.92 Å². The molecule has 3 heteroatoms. The summed E-state index contributed by atoms with van der Waals surface area (Å²) in [6.45, 7) is 8.27. The number of rotatable bonds is 5. The van der Waals surface area contributed by atoms with Gasteiger partial charge in [-0.3, -0.25) is 5.32 Å². The maximum Gasteiger partial charge on any atom is 0.327 e. The first-order valence-electron chi connectivity index (χ1n) is 6.03. The van der Waals surface area contributed by atoms with Gasteiger partial charge in [-0.2, -0.15) is 0 Å². The van der Waals surface area contributed by atoms with E-state index in [1.54, 1.807) is 0 Å². The van der Waals surface area contributed by atoms with Crippen molar-refractivity contribution in [2.24, 2.45) is 0 Å². The van der Waals surface area contributed by atoms with Gasteiger partial charge in [-0.05, 0) is 33.3 Å². The zero-order chi connectivity index (χ0) is 12.8. The monoisotopic (exact) mass is 235 g/mol.